The number of carbonyl (C=O) groups is 1. The van der Waals surface area contributed by atoms with E-state index >= 15 is 0 Å². The first-order chi connectivity index (χ1) is 9.15. The quantitative estimate of drug-likeness (QED) is 0.849. The molecule has 0 aliphatic rings. The number of amides is 1. The van der Waals surface area contributed by atoms with E-state index in [1.165, 1.54) is 23.9 Å². The Bertz CT molecular complexity index is 525. The summed E-state index contributed by atoms with van der Waals surface area (Å²) in [5, 5.41) is 4.89. The van der Waals surface area contributed by atoms with E-state index in [1.807, 2.05) is 24.4 Å². The van der Waals surface area contributed by atoms with Crippen LogP contribution in [0.5, 0.6) is 0 Å². The average molecular weight is 295 g/mol. The second-order valence-electron chi connectivity index (χ2n) is 4.06. The average Bonchev–Trinajstić information content (AvgIpc) is 2.90. The molecule has 1 heterocycles. The first-order valence-electron chi connectivity index (χ1n) is 5.86. The molecule has 2 rings (SSSR count). The Balaban J connectivity index is 1.83. The van der Waals surface area contributed by atoms with E-state index in [4.69, 9.17) is 0 Å². The number of thioether (sulfide) groups is 1. The number of benzene rings is 1. The molecule has 2 nitrogen and oxygen atoms in total. The highest BCUT2D eigenvalue weighted by molar-refractivity contribution is 8.01. The normalized spacial score (nSPS) is 12.1. The van der Waals surface area contributed by atoms with Gasteiger partial charge in [-0.2, -0.15) is 0 Å². The lowest BCUT2D eigenvalue weighted by atomic mass is 10.1. The Hall–Kier alpha value is -1.33. The molecule has 1 aromatic carbocycles. The van der Waals surface area contributed by atoms with E-state index in [1.54, 1.807) is 23.5 Å². The molecule has 0 fully saturated rings. The molecule has 2 aromatic rings. The van der Waals surface area contributed by atoms with Crippen LogP contribution in [-0.2, 0) is 4.79 Å². The van der Waals surface area contributed by atoms with E-state index in [0.29, 0.717) is 5.75 Å². The first-order valence-corrected chi connectivity index (χ1v) is 7.73. The molecule has 5 heteroatoms. The van der Waals surface area contributed by atoms with Gasteiger partial charge < -0.3 is 5.32 Å². The van der Waals surface area contributed by atoms with Crippen LogP contribution in [-0.4, -0.2) is 11.7 Å². The fourth-order valence-electron chi connectivity index (χ4n) is 1.60. The molecule has 1 atom stereocenters. The first kappa shape index (κ1) is 14.1. The van der Waals surface area contributed by atoms with Gasteiger partial charge in [0.15, 0.2) is 0 Å². The summed E-state index contributed by atoms with van der Waals surface area (Å²) in [6.45, 7) is 1.89. The van der Waals surface area contributed by atoms with Crippen molar-refractivity contribution in [1.29, 1.82) is 0 Å². The van der Waals surface area contributed by atoms with Crippen molar-refractivity contribution in [2.45, 2.75) is 17.2 Å². The number of hydrogen-bond acceptors (Lipinski definition) is 3. The van der Waals surface area contributed by atoms with Gasteiger partial charge in [0.1, 0.15) is 5.82 Å². The SMILES string of the molecule is CC(NC(=O)CSc1cccs1)c1ccc(F)cc1. The van der Waals surface area contributed by atoms with Crippen LogP contribution in [0.15, 0.2) is 46.0 Å². The Morgan fingerprint density at radius 3 is 2.74 bits per heavy atom. The van der Waals surface area contributed by atoms with Crippen LogP contribution in [0.2, 0.25) is 0 Å². The van der Waals surface area contributed by atoms with E-state index in [9.17, 15) is 9.18 Å². The van der Waals surface area contributed by atoms with Gasteiger partial charge in [0.25, 0.3) is 0 Å². The van der Waals surface area contributed by atoms with Gasteiger partial charge in [0.2, 0.25) is 5.91 Å². The lowest BCUT2D eigenvalue weighted by molar-refractivity contribution is -0.119. The van der Waals surface area contributed by atoms with Crippen molar-refractivity contribution in [2.24, 2.45) is 0 Å². The summed E-state index contributed by atoms with van der Waals surface area (Å²) < 4.78 is 13.9. The van der Waals surface area contributed by atoms with Crippen LogP contribution in [0.25, 0.3) is 0 Å². The largest absolute Gasteiger partial charge is 0.349 e. The Morgan fingerprint density at radius 2 is 2.11 bits per heavy atom. The predicted molar refractivity (Wildman–Crippen MR) is 78.0 cm³/mol. The van der Waals surface area contributed by atoms with Crippen molar-refractivity contribution >= 4 is 29.0 Å². The lowest BCUT2D eigenvalue weighted by Crippen LogP contribution is -2.28. The van der Waals surface area contributed by atoms with Gasteiger partial charge in [-0.25, -0.2) is 4.39 Å². The zero-order valence-electron chi connectivity index (χ0n) is 10.4. The van der Waals surface area contributed by atoms with Gasteiger partial charge in [-0.05, 0) is 36.1 Å². The summed E-state index contributed by atoms with van der Waals surface area (Å²) >= 11 is 3.14. The van der Waals surface area contributed by atoms with Gasteiger partial charge in [-0.1, -0.05) is 18.2 Å². The molecule has 1 aromatic heterocycles. The second-order valence-corrected chi connectivity index (χ2v) is 6.28. The summed E-state index contributed by atoms with van der Waals surface area (Å²) in [6.07, 6.45) is 0. The van der Waals surface area contributed by atoms with E-state index in [2.05, 4.69) is 5.32 Å². The monoisotopic (exact) mass is 295 g/mol. The number of halogens is 1. The fraction of sp³-hybridized carbons (Fsp3) is 0.214. The summed E-state index contributed by atoms with van der Waals surface area (Å²) in [4.78, 5) is 11.8. The highest BCUT2D eigenvalue weighted by atomic mass is 32.2. The summed E-state index contributed by atoms with van der Waals surface area (Å²) in [5.74, 6) is 0.109. The molecule has 0 saturated carbocycles. The zero-order valence-corrected chi connectivity index (χ0v) is 12.1. The molecule has 0 radical (unpaired) electrons. The fourth-order valence-corrected chi connectivity index (χ4v) is 3.20. The molecule has 0 spiro atoms. The third-order valence-electron chi connectivity index (χ3n) is 2.59. The standard InChI is InChI=1S/C14H14FNOS2/c1-10(11-4-6-12(15)7-5-11)16-13(17)9-19-14-3-2-8-18-14/h2-8,10H,9H2,1H3,(H,16,17). The number of nitrogens with one attached hydrogen (secondary N) is 1. The lowest BCUT2D eigenvalue weighted by Gasteiger charge is -2.14. The maximum Gasteiger partial charge on any atom is 0.230 e. The molecular weight excluding hydrogens is 281 g/mol. The van der Waals surface area contributed by atoms with E-state index in [0.717, 1.165) is 9.77 Å². The molecule has 0 saturated heterocycles. The number of hydrogen-bond donors (Lipinski definition) is 1. The Morgan fingerprint density at radius 1 is 1.37 bits per heavy atom. The Kier molecular flexibility index (Phi) is 4.99. The predicted octanol–water partition coefficient (Wildman–Crippen LogP) is 3.86. The van der Waals surface area contributed by atoms with Gasteiger partial charge in [-0.15, -0.1) is 23.1 Å². The van der Waals surface area contributed by atoms with Crippen LogP contribution < -0.4 is 5.32 Å². The number of rotatable bonds is 5. The van der Waals surface area contributed by atoms with Gasteiger partial charge in [0.05, 0.1) is 16.0 Å². The number of thiophene rings is 1. The third-order valence-corrected chi connectivity index (χ3v) is 4.72. The second kappa shape index (κ2) is 6.73. The minimum absolute atomic E-state index is 0.0183. The van der Waals surface area contributed by atoms with E-state index in [-0.39, 0.29) is 17.8 Å². The van der Waals surface area contributed by atoms with Gasteiger partial charge >= 0.3 is 0 Å². The smallest absolute Gasteiger partial charge is 0.230 e. The van der Waals surface area contributed by atoms with Crippen LogP contribution in [0.3, 0.4) is 0 Å². The van der Waals surface area contributed by atoms with Crippen molar-refractivity contribution in [3.63, 3.8) is 0 Å². The van der Waals surface area contributed by atoms with Crippen LogP contribution in [0, 0.1) is 5.82 Å². The van der Waals surface area contributed by atoms with E-state index < -0.39 is 0 Å². The van der Waals surface area contributed by atoms with Crippen LogP contribution in [0.4, 0.5) is 4.39 Å². The van der Waals surface area contributed by atoms with Gasteiger partial charge in [-0.3, -0.25) is 4.79 Å². The van der Waals surface area contributed by atoms with Crippen molar-refractivity contribution < 1.29 is 9.18 Å². The molecule has 19 heavy (non-hydrogen) atoms. The topological polar surface area (TPSA) is 29.1 Å². The molecule has 1 unspecified atom stereocenters. The number of carbonyl (C=O) groups excluding carboxylic acids is 1. The molecule has 0 aliphatic heterocycles. The van der Waals surface area contributed by atoms with Crippen molar-refractivity contribution in [3.05, 3.63) is 53.2 Å². The van der Waals surface area contributed by atoms with Crippen LogP contribution >= 0.6 is 23.1 Å². The highest BCUT2D eigenvalue weighted by Gasteiger charge is 2.10. The summed E-state index contributed by atoms with van der Waals surface area (Å²) in [5.41, 5.74) is 0.899. The van der Waals surface area contributed by atoms with Crippen molar-refractivity contribution in [1.82, 2.24) is 5.32 Å². The maximum absolute atomic E-state index is 12.8. The zero-order chi connectivity index (χ0) is 13.7. The summed E-state index contributed by atoms with van der Waals surface area (Å²) in [7, 11) is 0. The molecule has 1 N–H and O–H groups in total. The maximum atomic E-state index is 12.8. The molecule has 1 amide bonds. The Labute approximate surface area is 120 Å². The minimum atomic E-state index is -0.268. The molecule has 100 valence electrons. The molecular formula is C14H14FNOS2. The minimum Gasteiger partial charge on any atom is -0.349 e. The van der Waals surface area contributed by atoms with Gasteiger partial charge in [0, 0.05) is 0 Å². The third kappa shape index (κ3) is 4.36. The van der Waals surface area contributed by atoms with Crippen molar-refractivity contribution in [2.75, 3.05) is 5.75 Å². The van der Waals surface area contributed by atoms with Crippen LogP contribution in [0.1, 0.15) is 18.5 Å². The molecule has 0 bridgehead atoms. The highest BCUT2D eigenvalue weighted by Crippen LogP contribution is 2.23. The molecule has 0 aliphatic carbocycles. The van der Waals surface area contributed by atoms with Crippen molar-refractivity contribution in [3.8, 4) is 0 Å². The summed E-state index contributed by atoms with van der Waals surface area (Å²) in [6, 6.07) is 10.0.